The molecule has 0 aromatic rings. The Morgan fingerprint density at radius 1 is 1.23 bits per heavy atom. The van der Waals surface area contributed by atoms with E-state index in [0.29, 0.717) is 18.8 Å². The van der Waals surface area contributed by atoms with Crippen LogP contribution in [-0.4, -0.2) is 33.5 Å². The Bertz CT molecular complexity index is 696. The molecule has 2 unspecified atom stereocenters. The maximum atomic E-state index is 12.3. The fourth-order valence-corrected chi connectivity index (χ4v) is 7.61. The zero-order chi connectivity index (χ0) is 19.1. The number of aliphatic hydroxyl groups excluding tert-OH is 1. The zero-order valence-electron chi connectivity index (χ0n) is 16.4. The Morgan fingerprint density at radius 3 is 2.58 bits per heavy atom. The standard InChI is InChI=1S/C22H32O4/c1-12-10-20(3)14(9-17(12)24)5-6-15-16-7-8-22(26,13(2)23)21(16,4)11-18(25)19(15)20/h9,12,15-16,18-19,25-26H,5-8,10-11H2,1-4H3/t12?,15-,16-,18?,19+,20-,21-,22-/m0/s1. The second-order valence-electron chi connectivity index (χ2n) is 10.1. The van der Waals surface area contributed by atoms with Crippen LogP contribution in [0.1, 0.15) is 66.2 Å². The number of aliphatic hydroxyl groups is 2. The van der Waals surface area contributed by atoms with Gasteiger partial charge in [-0.15, -0.1) is 0 Å². The number of fused-ring (bicyclic) bond motifs is 5. The molecule has 4 aliphatic carbocycles. The van der Waals surface area contributed by atoms with E-state index in [1.54, 1.807) is 0 Å². The maximum Gasteiger partial charge on any atom is 0.161 e. The molecule has 0 heterocycles. The first-order valence-electron chi connectivity index (χ1n) is 10.2. The highest BCUT2D eigenvalue weighted by atomic mass is 16.3. The summed E-state index contributed by atoms with van der Waals surface area (Å²) in [6, 6.07) is 0. The lowest BCUT2D eigenvalue weighted by Gasteiger charge is -2.60. The summed E-state index contributed by atoms with van der Waals surface area (Å²) < 4.78 is 0. The zero-order valence-corrected chi connectivity index (χ0v) is 16.4. The lowest BCUT2D eigenvalue weighted by molar-refractivity contribution is -0.180. The minimum atomic E-state index is -1.31. The van der Waals surface area contributed by atoms with Crippen molar-refractivity contribution in [3.63, 3.8) is 0 Å². The van der Waals surface area contributed by atoms with Crippen LogP contribution in [0.15, 0.2) is 11.6 Å². The van der Waals surface area contributed by atoms with E-state index in [4.69, 9.17) is 0 Å². The average Bonchev–Trinajstić information content (AvgIpc) is 2.81. The van der Waals surface area contributed by atoms with Crippen molar-refractivity contribution in [3.8, 4) is 0 Å². The highest BCUT2D eigenvalue weighted by molar-refractivity contribution is 5.93. The fourth-order valence-electron chi connectivity index (χ4n) is 7.61. The van der Waals surface area contributed by atoms with Crippen LogP contribution in [0.2, 0.25) is 0 Å². The minimum absolute atomic E-state index is 0.000686. The number of hydrogen-bond acceptors (Lipinski definition) is 4. The SMILES string of the molecule is CC(=O)[C@@]1(O)CC[C@H]2[C@@H]3CCC4=CC(=O)C(C)C[C@]4(C)[C@H]3C(O)C[C@@]21C. The summed E-state index contributed by atoms with van der Waals surface area (Å²) in [7, 11) is 0. The van der Waals surface area contributed by atoms with E-state index < -0.39 is 17.1 Å². The van der Waals surface area contributed by atoms with Crippen LogP contribution >= 0.6 is 0 Å². The predicted molar refractivity (Wildman–Crippen MR) is 98.3 cm³/mol. The minimum Gasteiger partial charge on any atom is -0.393 e. The Kier molecular flexibility index (Phi) is 3.89. The monoisotopic (exact) mass is 360 g/mol. The molecule has 144 valence electrons. The first-order valence-corrected chi connectivity index (χ1v) is 10.2. The van der Waals surface area contributed by atoms with Crippen molar-refractivity contribution in [2.75, 3.05) is 0 Å². The van der Waals surface area contributed by atoms with Crippen LogP contribution in [0, 0.1) is 34.5 Å². The first-order chi connectivity index (χ1) is 12.0. The van der Waals surface area contributed by atoms with Crippen LogP contribution in [0.5, 0.6) is 0 Å². The quantitative estimate of drug-likeness (QED) is 0.754. The average molecular weight is 360 g/mol. The van der Waals surface area contributed by atoms with Gasteiger partial charge in [0.2, 0.25) is 0 Å². The molecular weight excluding hydrogens is 328 g/mol. The van der Waals surface area contributed by atoms with E-state index in [1.807, 2.05) is 19.9 Å². The lowest BCUT2D eigenvalue weighted by Crippen LogP contribution is -2.61. The van der Waals surface area contributed by atoms with Gasteiger partial charge in [0.1, 0.15) is 5.60 Å². The van der Waals surface area contributed by atoms with Gasteiger partial charge in [-0.3, -0.25) is 9.59 Å². The highest BCUT2D eigenvalue weighted by Gasteiger charge is 2.67. The topological polar surface area (TPSA) is 74.6 Å². The van der Waals surface area contributed by atoms with Crippen molar-refractivity contribution in [1.29, 1.82) is 0 Å². The number of ketones is 2. The number of carbonyl (C=O) groups is 2. The van der Waals surface area contributed by atoms with E-state index in [9.17, 15) is 19.8 Å². The van der Waals surface area contributed by atoms with Crippen molar-refractivity contribution in [2.24, 2.45) is 34.5 Å². The van der Waals surface area contributed by atoms with Crippen LogP contribution in [0.25, 0.3) is 0 Å². The van der Waals surface area contributed by atoms with Gasteiger partial charge in [-0.2, -0.15) is 0 Å². The summed E-state index contributed by atoms with van der Waals surface area (Å²) in [6.07, 6.45) is 5.78. The summed E-state index contributed by atoms with van der Waals surface area (Å²) in [6.45, 7) is 7.74. The third-order valence-corrected chi connectivity index (χ3v) is 8.94. The number of rotatable bonds is 1. The van der Waals surface area contributed by atoms with Crippen LogP contribution in [0.3, 0.4) is 0 Å². The number of allylic oxidation sites excluding steroid dienone is 1. The summed E-state index contributed by atoms with van der Waals surface area (Å²) in [4.78, 5) is 24.5. The van der Waals surface area contributed by atoms with Gasteiger partial charge >= 0.3 is 0 Å². The third-order valence-electron chi connectivity index (χ3n) is 8.94. The van der Waals surface area contributed by atoms with Crippen LogP contribution in [0.4, 0.5) is 0 Å². The van der Waals surface area contributed by atoms with Crippen molar-refractivity contribution in [1.82, 2.24) is 0 Å². The molecule has 0 spiro atoms. The van der Waals surface area contributed by atoms with Gasteiger partial charge in [0.15, 0.2) is 11.6 Å². The van der Waals surface area contributed by atoms with E-state index in [0.717, 1.165) is 25.7 Å². The molecule has 2 N–H and O–H groups in total. The summed E-state index contributed by atoms with van der Waals surface area (Å²) >= 11 is 0. The van der Waals surface area contributed by atoms with E-state index in [2.05, 4.69) is 6.92 Å². The molecule has 4 rings (SSSR count). The molecule has 0 aromatic carbocycles. The van der Waals surface area contributed by atoms with Crippen molar-refractivity contribution in [2.45, 2.75) is 77.9 Å². The molecule has 26 heavy (non-hydrogen) atoms. The Balaban J connectivity index is 1.76. The van der Waals surface area contributed by atoms with Gasteiger partial charge < -0.3 is 10.2 Å². The van der Waals surface area contributed by atoms with E-state index in [-0.39, 0.29) is 34.7 Å². The molecule has 4 heteroatoms. The molecule has 0 aliphatic heterocycles. The van der Waals surface area contributed by atoms with Gasteiger partial charge in [-0.05, 0) is 74.7 Å². The molecular formula is C22H32O4. The van der Waals surface area contributed by atoms with Crippen LogP contribution in [-0.2, 0) is 9.59 Å². The van der Waals surface area contributed by atoms with Gasteiger partial charge in [0, 0.05) is 11.3 Å². The smallest absolute Gasteiger partial charge is 0.161 e. The predicted octanol–water partition coefficient (Wildman–Crippen LogP) is 3.06. The maximum absolute atomic E-state index is 12.3. The Hall–Kier alpha value is -1.00. The molecule has 4 nitrogen and oxygen atoms in total. The Morgan fingerprint density at radius 2 is 1.92 bits per heavy atom. The van der Waals surface area contributed by atoms with Crippen molar-refractivity contribution in [3.05, 3.63) is 11.6 Å². The molecule has 0 radical (unpaired) electrons. The van der Waals surface area contributed by atoms with E-state index >= 15 is 0 Å². The van der Waals surface area contributed by atoms with Gasteiger partial charge in [0.05, 0.1) is 6.10 Å². The molecule has 4 aliphatic rings. The van der Waals surface area contributed by atoms with E-state index in [1.165, 1.54) is 12.5 Å². The summed E-state index contributed by atoms with van der Waals surface area (Å²) in [5.74, 6) is 0.743. The summed E-state index contributed by atoms with van der Waals surface area (Å²) in [5, 5.41) is 22.4. The molecule has 0 aromatic heterocycles. The number of hydrogen-bond donors (Lipinski definition) is 2. The van der Waals surface area contributed by atoms with Crippen LogP contribution < -0.4 is 0 Å². The van der Waals surface area contributed by atoms with Gasteiger partial charge in [-0.25, -0.2) is 0 Å². The van der Waals surface area contributed by atoms with Crippen molar-refractivity contribution >= 4 is 11.6 Å². The highest BCUT2D eigenvalue weighted by Crippen LogP contribution is 2.67. The van der Waals surface area contributed by atoms with Gasteiger partial charge in [-0.1, -0.05) is 26.3 Å². The summed E-state index contributed by atoms with van der Waals surface area (Å²) in [5.41, 5.74) is -0.790. The number of Topliss-reactive ketones (excluding diaryl/α,β-unsaturated/α-hetero) is 1. The Labute approximate surface area is 156 Å². The molecule has 3 saturated carbocycles. The molecule has 3 fully saturated rings. The number of carbonyl (C=O) groups excluding carboxylic acids is 2. The van der Waals surface area contributed by atoms with Crippen molar-refractivity contribution < 1.29 is 19.8 Å². The molecule has 0 amide bonds. The first kappa shape index (κ1) is 18.4. The lowest BCUT2D eigenvalue weighted by atomic mass is 9.45. The normalized spacial score (nSPS) is 53.4. The second kappa shape index (κ2) is 5.51. The largest absolute Gasteiger partial charge is 0.393 e. The fraction of sp³-hybridized carbons (Fsp3) is 0.818. The molecule has 0 bridgehead atoms. The molecule has 0 saturated heterocycles. The third kappa shape index (κ3) is 2.09. The molecule has 8 atom stereocenters. The van der Waals surface area contributed by atoms with Gasteiger partial charge in [0.25, 0.3) is 0 Å². The second-order valence-corrected chi connectivity index (χ2v) is 10.1.